The normalized spacial score (nSPS) is 32.7. The lowest BCUT2D eigenvalue weighted by Crippen LogP contribution is -2.62. The van der Waals surface area contributed by atoms with Gasteiger partial charge in [0, 0.05) is 12.6 Å². The van der Waals surface area contributed by atoms with Gasteiger partial charge in [-0.25, -0.2) is 0 Å². The van der Waals surface area contributed by atoms with Crippen LogP contribution in [0.1, 0.15) is 19.8 Å². The molecule has 2 atom stereocenters. The van der Waals surface area contributed by atoms with Crippen molar-refractivity contribution in [3.63, 3.8) is 0 Å². The van der Waals surface area contributed by atoms with Crippen molar-refractivity contribution in [3.05, 3.63) is 0 Å². The van der Waals surface area contributed by atoms with E-state index in [0.717, 1.165) is 25.9 Å². The predicted octanol–water partition coefficient (Wildman–Crippen LogP) is -0.915. The minimum Gasteiger partial charge on any atom is -0.345 e. The molecule has 2 aliphatic heterocycles. The maximum absolute atomic E-state index is 11.7. The molecule has 0 saturated carbocycles. The highest BCUT2D eigenvalue weighted by atomic mass is 16.2. The Balaban J connectivity index is 2.09. The van der Waals surface area contributed by atoms with Crippen LogP contribution in [0.15, 0.2) is 0 Å². The maximum Gasteiger partial charge on any atom is 0.242 e. The van der Waals surface area contributed by atoms with Gasteiger partial charge in [0.1, 0.15) is 6.04 Å². The number of piperazine rings is 1. The number of nitrogens with zero attached hydrogens (tertiary/aromatic N) is 1. The van der Waals surface area contributed by atoms with E-state index in [1.807, 2.05) is 0 Å². The quantitative estimate of drug-likeness (QED) is 0.590. The van der Waals surface area contributed by atoms with Gasteiger partial charge in [0.2, 0.25) is 11.8 Å². The fraction of sp³-hybridized carbons (Fsp3) is 0.800. The van der Waals surface area contributed by atoms with Crippen LogP contribution < -0.4 is 10.6 Å². The number of nitrogens with one attached hydrogen (secondary N) is 2. The molecule has 84 valence electrons. The lowest BCUT2D eigenvalue weighted by Gasteiger charge is -2.40. The summed E-state index contributed by atoms with van der Waals surface area (Å²) in [5.41, 5.74) is 0. The third-order valence-electron chi connectivity index (χ3n) is 3.16. The number of piperidine rings is 1. The molecule has 0 aromatic rings. The van der Waals surface area contributed by atoms with Crippen molar-refractivity contribution in [2.45, 2.75) is 31.8 Å². The van der Waals surface area contributed by atoms with E-state index in [0.29, 0.717) is 0 Å². The number of hydrogen-bond donors (Lipinski definition) is 2. The van der Waals surface area contributed by atoms with Crippen molar-refractivity contribution >= 4 is 11.8 Å². The molecule has 0 aromatic carbocycles. The van der Waals surface area contributed by atoms with Crippen LogP contribution in [0.5, 0.6) is 0 Å². The zero-order chi connectivity index (χ0) is 10.8. The van der Waals surface area contributed by atoms with Crippen LogP contribution in [-0.4, -0.2) is 48.4 Å². The molecule has 0 spiro atoms. The summed E-state index contributed by atoms with van der Waals surface area (Å²) in [7, 11) is 0. The summed E-state index contributed by atoms with van der Waals surface area (Å²) in [6, 6.07) is -0.136. The van der Waals surface area contributed by atoms with Gasteiger partial charge in [-0.15, -0.1) is 0 Å². The van der Waals surface area contributed by atoms with Gasteiger partial charge in [0.05, 0.1) is 6.54 Å². The first-order valence-corrected chi connectivity index (χ1v) is 5.49. The Morgan fingerprint density at radius 2 is 2.20 bits per heavy atom. The van der Waals surface area contributed by atoms with E-state index >= 15 is 0 Å². The molecule has 0 bridgehead atoms. The largest absolute Gasteiger partial charge is 0.345 e. The SMILES string of the molecule is CC1C(=O)NCC(=O)N1C1CCCNC1. The second kappa shape index (κ2) is 4.18. The van der Waals surface area contributed by atoms with Gasteiger partial charge >= 0.3 is 0 Å². The summed E-state index contributed by atoms with van der Waals surface area (Å²) in [5.74, 6) is -0.00373. The fourth-order valence-corrected chi connectivity index (χ4v) is 2.33. The summed E-state index contributed by atoms with van der Waals surface area (Å²) < 4.78 is 0. The molecule has 5 heteroatoms. The Morgan fingerprint density at radius 3 is 2.87 bits per heavy atom. The minimum absolute atomic E-state index is 0.0378. The standard InChI is InChI=1S/C10H17N3O2/c1-7-10(15)12-6-9(14)13(7)8-3-2-4-11-5-8/h7-8,11H,2-6H2,1H3,(H,12,15). The van der Waals surface area contributed by atoms with E-state index in [4.69, 9.17) is 0 Å². The van der Waals surface area contributed by atoms with Gasteiger partial charge < -0.3 is 15.5 Å². The molecule has 2 unspecified atom stereocenters. The van der Waals surface area contributed by atoms with E-state index in [1.54, 1.807) is 11.8 Å². The topological polar surface area (TPSA) is 61.4 Å². The van der Waals surface area contributed by atoms with E-state index in [-0.39, 0.29) is 30.4 Å². The molecular formula is C10H17N3O2. The average molecular weight is 211 g/mol. The van der Waals surface area contributed by atoms with Crippen LogP contribution >= 0.6 is 0 Å². The monoisotopic (exact) mass is 211 g/mol. The second-order valence-electron chi connectivity index (χ2n) is 4.19. The van der Waals surface area contributed by atoms with Crippen LogP contribution in [0, 0.1) is 0 Å². The number of carbonyl (C=O) groups excluding carboxylic acids is 2. The first kappa shape index (κ1) is 10.4. The van der Waals surface area contributed by atoms with Gasteiger partial charge in [-0.1, -0.05) is 0 Å². The molecule has 2 amide bonds. The zero-order valence-corrected chi connectivity index (χ0v) is 8.95. The van der Waals surface area contributed by atoms with Gasteiger partial charge in [0.15, 0.2) is 0 Å². The summed E-state index contributed by atoms with van der Waals surface area (Å²) in [5, 5.41) is 5.86. The Labute approximate surface area is 89.2 Å². The van der Waals surface area contributed by atoms with Crippen LogP contribution in [-0.2, 0) is 9.59 Å². The molecule has 0 radical (unpaired) electrons. The Morgan fingerprint density at radius 1 is 1.40 bits per heavy atom. The Bertz CT molecular complexity index is 274. The van der Waals surface area contributed by atoms with E-state index in [2.05, 4.69) is 10.6 Å². The molecule has 2 N–H and O–H groups in total. The Hall–Kier alpha value is -1.10. The number of amides is 2. The lowest BCUT2D eigenvalue weighted by atomic mass is 10.0. The van der Waals surface area contributed by atoms with Gasteiger partial charge in [-0.3, -0.25) is 9.59 Å². The smallest absolute Gasteiger partial charge is 0.242 e. The molecule has 2 aliphatic rings. The van der Waals surface area contributed by atoms with Crippen molar-refractivity contribution in [2.24, 2.45) is 0 Å². The third-order valence-corrected chi connectivity index (χ3v) is 3.16. The van der Waals surface area contributed by atoms with Crippen LogP contribution in [0.3, 0.4) is 0 Å². The molecule has 2 heterocycles. The maximum atomic E-state index is 11.7. The van der Waals surface area contributed by atoms with Crippen molar-refractivity contribution in [3.8, 4) is 0 Å². The second-order valence-corrected chi connectivity index (χ2v) is 4.19. The number of hydrogen-bond acceptors (Lipinski definition) is 3. The van der Waals surface area contributed by atoms with Gasteiger partial charge in [-0.05, 0) is 26.3 Å². The Kier molecular flexibility index (Phi) is 2.90. The summed E-state index contributed by atoms with van der Waals surface area (Å²) in [6.45, 7) is 3.77. The van der Waals surface area contributed by atoms with Gasteiger partial charge in [-0.2, -0.15) is 0 Å². The molecule has 15 heavy (non-hydrogen) atoms. The van der Waals surface area contributed by atoms with Crippen molar-refractivity contribution in [2.75, 3.05) is 19.6 Å². The van der Waals surface area contributed by atoms with Crippen LogP contribution in [0.25, 0.3) is 0 Å². The van der Waals surface area contributed by atoms with E-state index in [9.17, 15) is 9.59 Å². The minimum atomic E-state index is -0.323. The molecular weight excluding hydrogens is 194 g/mol. The first-order valence-electron chi connectivity index (χ1n) is 5.49. The van der Waals surface area contributed by atoms with Crippen molar-refractivity contribution in [1.82, 2.24) is 15.5 Å². The lowest BCUT2D eigenvalue weighted by molar-refractivity contribution is -0.147. The molecule has 0 aliphatic carbocycles. The summed E-state index contributed by atoms with van der Waals surface area (Å²) in [6.07, 6.45) is 2.07. The van der Waals surface area contributed by atoms with Crippen molar-refractivity contribution in [1.29, 1.82) is 0 Å². The van der Waals surface area contributed by atoms with Crippen LogP contribution in [0.2, 0.25) is 0 Å². The fourth-order valence-electron chi connectivity index (χ4n) is 2.33. The highest BCUT2D eigenvalue weighted by Gasteiger charge is 2.36. The zero-order valence-electron chi connectivity index (χ0n) is 8.95. The third kappa shape index (κ3) is 1.97. The summed E-state index contributed by atoms with van der Waals surface area (Å²) >= 11 is 0. The average Bonchev–Trinajstić information content (AvgIpc) is 2.26. The molecule has 2 fully saturated rings. The summed E-state index contributed by atoms with van der Waals surface area (Å²) in [4.78, 5) is 24.9. The van der Waals surface area contributed by atoms with Crippen LogP contribution in [0.4, 0.5) is 0 Å². The highest BCUT2D eigenvalue weighted by molar-refractivity contribution is 5.94. The highest BCUT2D eigenvalue weighted by Crippen LogP contribution is 2.16. The molecule has 5 nitrogen and oxygen atoms in total. The van der Waals surface area contributed by atoms with Crippen molar-refractivity contribution < 1.29 is 9.59 Å². The molecule has 2 saturated heterocycles. The predicted molar refractivity (Wildman–Crippen MR) is 55.2 cm³/mol. The molecule has 2 rings (SSSR count). The number of rotatable bonds is 1. The first-order chi connectivity index (χ1) is 7.20. The molecule has 0 aromatic heterocycles. The van der Waals surface area contributed by atoms with Gasteiger partial charge in [0.25, 0.3) is 0 Å². The number of carbonyl (C=O) groups is 2. The van der Waals surface area contributed by atoms with E-state index in [1.165, 1.54) is 0 Å². The van der Waals surface area contributed by atoms with E-state index < -0.39 is 0 Å².